The summed E-state index contributed by atoms with van der Waals surface area (Å²) in [4.78, 5) is 21.6. The number of pyridine rings is 2. The summed E-state index contributed by atoms with van der Waals surface area (Å²) in [7, 11) is 0. The van der Waals surface area contributed by atoms with Crippen molar-refractivity contribution in [2.45, 2.75) is 33.1 Å². The van der Waals surface area contributed by atoms with Crippen LogP contribution in [0.2, 0.25) is 5.15 Å². The van der Waals surface area contributed by atoms with Crippen LogP contribution in [-0.2, 0) is 11.2 Å². The van der Waals surface area contributed by atoms with E-state index in [1.165, 1.54) is 6.07 Å². The highest BCUT2D eigenvalue weighted by molar-refractivity contribution is 6.31. The molecule has 1 N–H and O–H groups in total. The Bertz CT molecular complexity index is 832. The maximum Gasteiger partial charge on any atom is 0.308 e. The molecule has 1 fully saturated rings. The lowest BCUT2D eigenvalue weighted by molar-refractivity contribution is -0.136. The van der Waals surface area contributed by atoms with Crippen LogP contribution in [0, 0.1) is 11.2 Å². The second-order valence-corrected chi connectivity index (χ2v) is 7.76. The first-order valence-electron chi connectivity index (χ1n) is 8.52. The van der Waals surface area contributed by atoms with Crippen molar-refractivity contribution in [2.75, 3.05) is 18.0 Å². The number of piperidine rings is 1. The topological polar surface area (TPSA) is 66.3 Å². The van der Waals surface area contributed by atoms with Crippen molar-refractivity contribution in [3.05, 3.63) is 41.2 Å². The third kappa shape index (κ3) is 3.96. The average Bonchev–Trinajstić information content (AvgIpc) is 2.56. The number of hydrogen-bond acceptors (Lipinski definition) is 4. The summed E-state index contributed by atoms with van der Waals surface area (Å²) < 4.78 is 13.7. The number of carbonyl (C=O) groups is 1. The van der Waals surface area contributed by atoms with Crippen molar-refractivity contribution >= 4 is 23.3 Å². The molecule has 138 valence electrons. The second-order valence-electron chi connectivity index (χ2n) is 7.40. The van der Waals surface area contributed by atoms with E-state index < -0.39 is 11.8 Å². The summed E-state index contributed by atoms with van der Waals surface area (Å²) in [5.74, 6) is -1.44. The lowest BCUT2D eigenvalue weighted by Crippen LogP contribution is -2.38. The van der Waals surface area contributed by atoms with Gasteiger partial charge >= 0.3 is 5.97 Å². The minimum atomic E-state index is -0.984. The summed E-state index contributed by atoms with van der Waals surface area (Å²) in [5, 5.41) is 9.49. The summed E-state index contributed by atoms with van der Waals surface area (Å²) in [5.41, 5.74) is 2.62. The summed E-state index contributed by atoms with van der Waals surface area (Å²) in [6.07, 6.45) is 5.96. The molecule has 1 aliphatic heterocycles. The number of rotatable bonds is 4. The normalized spacial score (nSPS) is 16.5. The van der Waals surface area contributed by atoms with Crippen LogP contribution in [0.5, 0.6) is 0 Å². The number of aromatic nitrogens is 2. The third-order valence-electron chi connectivity index (χ3n) is 4.87. The average molecular weight is 378 g/mol. The smallest absolute Gasteiger partial charge is 0.308 e. The number of aliphatic carboxylic acids is 1. The Labute approximate surface area is 156 Å². The fraction of sp³-hybridized carbons (Fsp3) is 0.421. The lowest BCUT2D eigenvalue weighted by Gasteiger charge is -2.39. The minimum Gasteiger partial charge on any atom is -0.481 e. The van der Waals surface area contributed by atoms with E-state index in [2.05, 4.69) is 28.7 Å². The van der Waals surface area contributed by atoms with Gasteiger partial charge in [-0.1, -0.05) is 25.4 Å². The van der Waals surface area contributed by atoms with E-state index in [4.69, 9.17) is 11.6 Å². The molecule has 5 nitrogen and oxygen atoms in total. The Balaban J connectivity index is 2.14. The highest BCUT2D eigenvalue weighted by atomic mass is 35.5. The molecule has 1 aliphatic rings. The van der Waals surface area contributed by atoms with Gasteiger partial charge in [-0.05, 0) is 24.3 Å². The largest absolute Gasteiger partial charge is 0.481 e. The molecule has 3 rings (SSSR count). The van der Waals surface area contributed by atoms with Gasteiger partial charge in [-0.15, -0.1) is 0 Å². The minimum absolute atomic E-state index is 0.167. The van der Waals surface area contributed by atoms with Crippen molar-refractivity contribution in [1.29, 1.82) is 0 Å². The van der Waals surface area contributed by atoms with E-state index in [0.29, 0.717) is 16.7 Å². The van der Waals surface area contributed by atoms with Crippen molar-refractivity contribution in [1.82, 2.24) is 9.97 Å². The van der Waals surface area contributed by atoms with Crippen LogP contribution in [0.25, 0.3) is 11.1 Å². The van der Waals surface area contributed by atoms with E-state index in [-0.39, 0.29) is 17.0 Å². The Morgan fingerprint density at radius 3 is 2.62 bits per heavy atom. The van der Waals surface area contributed by atoms with Crippen LogP contribution in [0.15, 0.2) is 24.7 Å². The van der Waals surface area contributed by atoms with Gasteiger partial charge in [-0.2, -0.15) is 0 Å². The van der Waals surface area contributed by atoms with Gasteiger partial charge < -0.3 is 10.0 Å². The predicted octanol–water partition coefficient (Wildman–Crippen LogP) is 4.19. The van der Waals surface area contributed by atoms with Crippen LogP contribution >= 0.6 is 11.6 Å². The first-order chi connectivity index (χ1) is 12.3. The molecule has 0 radical (unpaired) electrons. The van der Waals surface area contributed by atoms with E-state index in [1.54, 1.807) is 12.4 Å². The van der Waals surface area contributed by atoms with E-state index in [0.717, 1.165) is 37.8 Å². The van der Waals surface area contributed by atoms with Gasteiger partial charge in [-0.3, -0.25) is 9.78 Å². The fourth-order valence-electron chi connectivity index (χ4n) is 3.30. The molecular formula is C19H21ClFN3O2. The number of carboxylic acid groups (broad SMARTS) is 1. The maximum absolute atomic E-state index is 13.7. The molecule has 0 spiro atoms. The first kappa shape index (κ1) is 18.6. The lowest BCUT2D eigenvalue weighted by atomic mass is 9.82. The van der Waals surface area contributed by atoms with Crippen LogP contribution in [-0.4, -0.2) is 34.1 Å². The van der Waals surface area contributed by atoms with Gasteiger partial charge in [0.1, 0.15) is 11.0 Å². The zero-order chi connectivity index (χ0) is 18.9. The molecule has 7 heteroatoms. The summed E-state index contributed by atoms with van der Waals surface area (Å²) in [6, 6.07) is 1.37. The zero-order valence-corrected chi connectivity index (χ0v) is 15.6. The Kier molecular flexibility index (Phi) is 5.14. The molecule has 26 heavy (non-hydrogen) atoms. The standard InChI is InChI=1S/C19H21ClFN3O2/c1-19(2)3-5-24(6-4-19)17-14(8-16(25)26)18(20)23-11-15(17)12-7-13(21)10-22-9-12/h7,9-11H,3-6,8H2,1-2H3,(H,25,26). The van der Waals surface area contributed by atoms with Crippen molar-refractivity contribution in [3.8, 4) is 11.1 Å². The molecular weight excluding hydrogens is 357 g/mol. The van der Waals surface area contributed by atoms with Crippen LogP contribution in [0.1, 0.15) is 32.3 Å². The molecule has 3 heterocycles. The molecule has 0 unspecified atom stereocenters. The number of anilines is 1. The van der Waals surface area contributed by atoms with Crippen molar-refractivity contribution in [2.24, 2.45) is 5.41 Å². The third-order valence-corrected chi connectivity index (χ3v) is 5.20. The van der Waals surface area contributed by atoms with E-state index >= 15 is 0 Å². The Morgan fingerprint density at radius 1 is 1.31 bits per heavy atom. The Morgan fingerprint density at radius 2 is 2.00 bits per heavy atom. The van der Waals surface area contributed by atoms with Gasteiger partial charge in [0.05, 0.1) is 18.3 Å². The van der Waals surface area contributed by atoms with Crippen LogP contribution in [0.3, 0.4) is 0 Å². The summed E-state index contributed by atoms with van der Waals surface area (Å²) in [6.45, 7) is 5.99. The second kappa shape index (κ2) is 7.19. The number of halogens is 2. The molecule has 0 saturated carbocycles. The fourth-order valence-corrected chi connectivity index (χ4v) is 3.50. The van der Waals surface area contributed by atoms with E-state index in [1.807, 2.05) is 0 Å². The van der Waals surface area contributed by atoms with Crippen molar-refractivity contribution < 1.29 is 14.3 Å². The Hall–Kier alpha value is -2.21. The SMILES string of the molecule is CC1(C)CCN(c2c(-c3cncc(F)c3)cnc(Cl)c2CC(=O)O)CC1. The number of hydrogen-bond donors (Lipinski definition) is 1. The molecule has 0 aliphatic carbocycles. The molecule has 2 aromatic heterocycles. The van der Waals surface area contributed by atoms with Gasteiger partial charge in [0.25, 0.3) is 0 Å². The van der Waals surface area contributed by atoms with Crippen LogP contribution in [0.4, 0.5) is 10.1 Å². The van der Waals surface area contributed by atoms with Gasteiger partial charge in [0.2, 0.25) is 0 Å². The van der Waals surface area contributed by atoms with Gasteiger partial charge in [0.15, 0.2) is 0 Å². The zero-order valence-electron chi connectivity index (χ0n) is 14.8. The van der Waals surface area contributed by atoms with Crippen molar-refractivity contribution in [3.63, 3.8) is 0 Å². The molecule has 2 aromatic rings. The molecule has 0 aromatic carbocycles. The van der Waals surface area contributed by atoms with Gasteiger partial charge in [-0.25, -0.2) is 9.37 Å². The maximum atomic E-state index is 13.7. The highest BCUT2D eigenvalue weighted by Crippen LogP contribution is 2.40. The number of carboxylic acids is 1. The number of nitrogens with zero attached hydrogens (tertiary/aromatic N) is 3. The molecule has 0 atom stereocenters. The predicted molar refractivity (Wildman–Crippen MR) is 99.0 cm³/mol. The molecule has 0 bridgehead atoms. The monoisotopic (exact) mass is 377 g/mol. The van der Waals surface area contributed by atoms with Crippen LogP contribution < -0.4 is 4.90 Å². The molecule has 0 amide bonds. The quantitative estimate of drug-likeness (QED) is 0.809. The molecule has 1 saturated heterocycles. The summed E-state index contributed by atoms with van der Waals surface area (Å²) >= 11 is 6.25. The highest BCUT2D eigenvalue weighted by Gasteiger charge is 2.29. The first-order valence-corrected chi connectivity index (χ1v) is 8.90. The van der Waals surface area contributed by atoms with Gasteiger partial charge in [0, 0.05) is 42.2 Å². The van der Waals surface area contributed by atoms with E-state index in [9.17, 15) is 14.3 Å².